The Balaban J connectivity index is 1.59. The van der Waals surface area contributed by atoms with Crippen LogP contribution in [0.1, 0.15) is 59.5 Å². The van der Waals surface area contributed by atoms with Gasteiger partial charge in [-0.05, 0) is 71.7 Å². The van der Waals surface area contributed by atoms with Gasteiger partial charge < -0.3 is 14.9 Å². The normalized spacial score (nSPS) is 14.2. The summed E-state index contributed by atoms with van der Waals surface area (Å²) < 4.78 is 13.4. The molecule has 0 bridgehead atoms. The molecule has 0 radical (unpaired) electrons. The third-order valence-electron chi connectivity index (χ3n) is 6.24. The topological polar surface area (TPSA) is 60.8 Å². The molecule has 0 unspecified atom stereocenters. The molecular formula is C26H27BFNO3. The van der Waals surface area contributed by atoms with E-state index in [9.17, 15) is 19.2 Å². The van der Waals surface area contributed by atoms with Crippen molar-refractivity contribution in [2.45, 2.75) is 44.6 Å². The van der Waals surface area contributed by atoms with Gasteiger partial charge in [-0.3, -0.25) is 4.79 Å². The van der Waals surface area contributed by atoms with E-state index in [2.05, 4.69) is 24.3 Å². The van der Waals surface area contributed by atoms with Crippen molar-refractivity contribution in [1.82, 2.24) is 0 Å². The number of halogens is 1. The molecule has 0 atom stereocenters. The summed E-state index contributed by atoms with van der Waals surface area (Å²) in [6, 6.07) is 20.5. The Hall–Kier alpha value is -2.96. The van der Waals surface area contributed by atoms with E-state index in [-0.39, 0.29) is 5.91 Å². The highest BCUT2D eigenvalue weighted by Crippen LogP contribution is 2.32. The molecule has 0 heterocycles. The lowest BCUT2D eigenvalue weighted by molar-refractivity contribution is 0.0985. The van der Waals surface area contributed by atoms with Gasteiger partial charge in [-0.2, -0.15) is 0 Å². The van der Waals surface area contributed by atoms with Crippen LogP contribution in [0.2, 0.25) is 0 Å². The molecule has 3 aromatic rings. The zero-order valence-corrected chi connectivity index (χ0v) is 18.0. The van der Waals surface area contributed by atoms with Crippen molar-refractivity contribution < 1.29 is 19.2 Å². The molecular weight excluding hydrogens is 404 g/mol. The van der Waals surface area contributed by atoms with Crippen LogP contribution >= 0.6 is 0 Å². The molecule has 4 nitrogen and oxygen atoms in total. The van der Waals surface area contributed by atoms with Crippen molar-refractivity contribution >= 4 is 24.2 Å². The lowest BCUT2D eigenvalue weighted by atomic mass is 9.80. The molecule has 4 rings (SSSR count). The molecule has 32 heavy (non-hydrogen) atoms. The van der Waals surface area contributed by atoms with Gasteiger partial charge in [0.25, 0.3) is 5.91 Å². The van der Waals surface area contributed by atoms with E-state index in [1.807, 2.05) is 0 Å². The van der Waals surface area contributed by atoms with Gasteiger partial charge in [-0.25, -0.2) is 4.39 Å². The number of amides is 1. The van der Waals surface area contributed by atoms with Gasteiger partial charge in [0.2, 0.25) is 0 Å². The number of anilines is 1. The van der Waals surface area contributed by atoms with E-state index < -0.39 is 12.9 Å². The fourth-order valence-corrected chi connectivity index (χ4v) is 4.37. The van der Waals surface area contributed by atoms with Crippen molar-refractivity contribution in [3.8, 4) is 0 Å². The molecule has 0 aliphatic heterocycles. The summed E-state index contributed by atoms with van der Waals surface area (Å²) in [5.74, 6) is -0.0291. The van der Waals surface area contributed by atoms with E-state index >= 15 is 0 Å². The first-order chi connectivity index (χ1) is 15.5. The van der Waals surface area contributed by atoms with Crippen LogP contribution in [-0.4, -0.2) is 23.1 Å². The number of carbonyl (C=O) groups excluding carboxylic acids is 1. The van der Waals surface area contributed by atoms with Gasteiger partial charge in [0, 0.05) is 11.3 Å². The summed E-state index contributed by atoms with van der Waals surface area (Å²) in [6.45, 7) is 0.349. The Morgan fingerprint density at radius 3 is 2.09 bits per heavy atom. The second-order valence-electron chi connectivity index (χ2n) is 8.44. The quantitative estimate of drug-likeness (QED) is 0.569. The van der Waals surface area contributed by atoms with Crippen LogP contribution in [0.15, 0.2) is 72.8 Å². The SMILES string of the molecule is O=C(c1ccc(F)cc1)N(Cc1ccc(C2CCCCC2)cc1)c1ccc(B(O)O)cc1. The Bertz CT molecular complexity index is 1030. The molecule has 1 saturated carbocycles. The predicted molar refractivity (Wildman–Crippen MR) is 125 cm³/mol. The van der Waals surface area contributed by atoms with Crippen LogP contribution in [0.5, 0.6) is 0 Å². The maximum absolute atomic E-state index is 13.4. The lowest BCUT2D eigenvalue weighted by Gasteiger charge is -2.25. The first-order valence-corrected chi connectivity index (χ1v) is 11.1. The second-order valence-corrected chi connectivity index (χ2v) is 8.44. The van der Waals surface area contributed by atoms with Gasteiger partial charge in [0.05, 0.1) is 6.54 Å². The summed E-state index contributed by atoms with van der Waals surface area (Å²) in [5, 5.41) is 18.7. The van der Waals surface area contributed by atoms with E-state index in [0.29, 0.717) is 29.2 Å². The molecule has 0 aromatic heterocycles. The highest BCUT2D eigenvalue weighted by Gasteiger charge is 2.20. The molecule has 1 aliphatic carbocycles. The summed E-state index contributed by atoms with van der Waals surface area (Å²) in [5.41, 5.74) is 3.70. The minimum Gasteiger partial charge on any atom is -0.423 e. The molecule has 164 valence electrons. The highest BCUT2D eigenvalue weighted by atomic mass is 19.1. The average Bonchev–Trinajstić information content (AvgIpc) is 2.83. The zero-order chi connectivity index (χ0) is 22.5. The Morgan fingerprint density at radius 2 is 1.50 bits per heavy atom. The third kappa shape index (κ3) is 5.26. The van der Waals surface area contributed by atoms with Crippen molar-refractivity contribution in [2.75, 3.05) is 4.90 Å². The summed E-state index contributed by atoms with van der Waals surface area (Å²) in [4.78, 5) is 14.9. The van der Waals surface area contributed by atoms with Crippen LogP contribution in [0.25, 0.3) is 0 Å². The standard InChI is InChI=1S/C26H27BFNO3/c28-24-14-10-22(11-15-24)26(30)29(25-16-12-23(13-17-25)27(31)32)18-19-6-8-21(9-7-19)20-4-2-1-3-5-20/h6-17,20,31-32H,1-5,18H2. The largest absolute Gasteiger partial charge is 0.488 e. The number of nitrogens with zero attached hydrogens (tertiary/aromatic N) is 1. The van der Waals surface area contributed by atoms with Crippen LogP contribution in [0.3, 0.4) is 0 Å². The van der Waals surface area contributed by atoms with Gasteiger partial charge >= 0.3 is 7.12 Å². The van der Waals surface area contributed by atoms with Gasteiger partial charge in [0.15, 0.2) is 0 Å². The minimum atomic E-state index is -1.57. The second kappa shape index (κ2) is 10.1. The Labute approximate surface area is 188 Å². The van der Waals surface area contributed by atoms with E-state index in [0.717, 1.165) is 5.56 Å². The fraction of sp³-hybridized carbons (Fsp3) is 0.269. The molecule has 1 aliphatic rings. The maximum atomic E-state index is 13.4. The number of carbonyl (C=O) groups is 1. The number of rotatable bonds is 6. The van der Waals surface area contributed by atoms with Gasteiger partial charge in [0.1, 0.15) is 5.82 Å². The van der Waals surface area contributed by atoms with Gasteiger partial charge in [-0.1, -0.05) is 55.7 Å². The molecule has 2 N–H and O–H groups in total. The summed E-state index contributed by atoms with van der Waals surface area (Å²) in [6.07, 6.45) is 6.35. The van der Waals surface area contributed by atoms with E-state index in [1.165, 1.54) is 61.9 Å². The molecule has 1 amide bonds. The van der Waals surface area contributed by atoms with Crippen molar-refractivity contribution in [3.05, 3.63) is 95.3 Å². The Morgan fingerprint density at radius 1 is 0.875 bits per heavy atom. The van der Waals surface area contributed by atoms with Crippen molar-refractivity contribution in [2.24, 2.45) is 0 Å². The van der Waals surface area contributed by atoms with Crippen LogP contribution in [-0.2, 0) is 6.54 Å². The smallest absolute Gasteiger partial charge is 0.423 e. The minimum absolute atomic E-state index is 0.251. The third-order valence-corrected chi connectivity index (χ3v) is 6.24. The van der Waals surface area contributed by atoms with Gasteiger partial charge in [-0.15, -0.1) is 0 Å². The van der Waals surface area contributed by atoms with Crippen molar-refractivity contribution in [3.63, 3.8) is 0 Å². The predicted octanol–water partition coefficient (Wildman–Crippen LogP) is 4.40. The van der Waals surface area contributed by atoms with E-state index in [4.69, 9.17) is 0 Å². The maximum Gasteiger partial charge on any atom is 0.488 e. The van der Waals surface area contributed by atoms with Crippen LogP contribution in [0, 0.1) is 5.82 Å². The average molecular weight is 431 g/mol. The van der Waals surface area contributed by atoms with Crippen LogP contribution < -0.4 is 10.4 Å². The first kappa shape index (κ1) is 22.2. The summed E-state index contributed by atoms with van der Waals surface area (Å²) in [7, 11) is -1.57. The van der Waals surface area contributed by atoms with E-state index in [1.54, 1.807) is 29.2 Å². The summed E-state index contributed by atoms with van der Waals surface area (Å²) >= 11 is 0. The number of benzene rings is 3. The zero-order valence-electron chi connectivity index (χ0n) is 18.0. The molecule has 1 fully saturated rings. The van der Waals surface area contributed by atoms with Crippen molar-refractivity contribution in [1.29, 1.82) is 0 Å². The van der Waals surface area contributed by atoms with Crippen LogP contribution in [0.4, 0.5) is 10.1 Å². The molecule has 6 heteroatoms. The molecule has 0 spiro atoms. The Kier molecular flexibility index (Phi) is 7.03. The lowest BCUT2D eigenvalue weighted by Crippen LogP contribution is -2.32. The monoisotopic (exact) mass is 431 g/mol. The number of hydrogen-bond donors (Lipinski definition) is 2. The first-order valence-electron chi connectivity index (χ1n) is 11.1. The number of hydrogen-bond acceptors (Lipinski definition) is 3. The molecule has 0 saturated heterocycles. The highest BCUT2D eigenvalue weighted by molar-refractivity contribution is 6.58. The fourth-order valence-electron chi connectivity index (χ4n) is 4.37. The molecule has 3 aromatic carbocycles.